The third kappa shape index (κ3) is 6.44. The fourth-order valence-corrected chi connectivity index (χ4v) is 39.9. The van der Waals surface area contributed by atoms with Gasteiger partial charge in [-0.05, 0) is 0 Å². The first-order chi connectivity index (χ1) is 26.6. The van der Waals surface area contributed by atoms with E-state index in [2.05, 4.69) is 212 Å². The Hall–Kier alpha value is -3.52. The van der Waals surface area contributed by atoms with Gasteiger partial charge >= 0.3 is 347 Å². The van der Waals surface area contributed by atoms with Gasteiger partial charge in [-0.1, -0.05) is 0 Å². The Kier molecular flexibility index (Phi) is 10.1. The van der Waals surface area contributed by atoms with E-state index in [0.717, 1.165) is 0 Å². The molecule has 56 heavy (non-hydrogen) atoms. The molecule has 4 heteroatoms. The monoisotopic (exact) mass is 865 g/mol. The van der Waals surface area contributed by atoms with Gasteiger partial charge in [-0.15, -0.1) is 0 Å². The molecule has 0 spiro atoms. The van der Waals surface area contributed by atoms with Crippen LogP contribution < -0.4 is 0 Å². The third-order valence-electron chi connectivity index (χ3n) is 12.6. The summed E-state index contributed by atoms with van der Waals surface area (Å²) in [4.78, 5) is 0. The Morgan fingerprint density at radius 3 is 1.12 bits per heavy atom. The summed E-state index contributed by atoms with van der Waals surface area (Å²) in [5.41, 5.74) is 17.8. The molecule has 0 N–H and O–H groups in total. The van der Waals surface area contributed by atoms with Crippen LogP contribution in [-0.4, -0.2) is 5.92 Å². The first-order valence-corrected chi connectivity index (χ1v) is 36.5. The van der Waals surface area contributed by atoms with Gasteiger partial charge < -0.3 is 0 Å². The average molecular weight is 868 g/mol. The molecule has 2 unspecified atom stereocenters. The van der Waals surface area contributed by atoms with Crippen LogP contribution in [0, 0.1) is 0 Å². The number of benzene rings is 6. The number of rotatable bonds is 7. The fraction of sp³-hybridized carbons (Fsp3) is 0.231. The number of fused-ring (bicyclic) bond motifs is 2. The van der Waals surface area contributed by atoms with Crippen LogP contribution in [0.1, 0.15) is 93.3 Å². The van der Waals surface area contributed by atoms with Crippen molar-refractivity contribution < 1.29 is 15.6 Å². The summed E-state index contributed by atoms with van der Waals surface area (Å²) in [6, 6.07) is 53.6. The maximum absolute atomic E-state index is 9.05. The maximum atomic E-state index is 9.05. The molecule has 0 bridgehead atoms. The first-order valence-electron chi connectivity index (χ1n) is 20.2. The molecule has 2 atom stereocenters. The van der Waals surface area contributed by atoms with E-state index in [1.165, 1.54) is 77.9 Å². The molecule has 0 fully saturated rings. The summed E-state index contributed by atoms with van der Waals surface area (Å²) in [5, 5.41) is 0. The molecule has 0 aliphatic heterocycles. The van der Waals surface area contributed by atoms with Gasteiger partial charge in [-0.3, -0.25) is 0 Å². The van der Waals surface area contributed by atoms with Crippen molar-refractivity contribution in [3.8, 4) is 22.3 Å². The van der Waals surface area contributed by atoms with Crippen molar-refractivity contribution in [2.75, 3.05) is 0 Å². The van der Waals surface area contributed by atoms with E-state index < -0.39 is 21.5 Å². The number of hydrogen-bond acceptors (Lipinski definition) is 0. The Morgan fingerprint density at radius 2 is 0.768 bits per heavy atom. The van der Waals surface area contributed by atoms with Gasteiger partial charge in [-0.2, -0.15) is 0 Å². The topological polar surface area (TPSA) is 0 Å². The van der Waals surface area contributed by atoms with Crippen molar-refractivity contribution in [3.63, 3.8) is 0 Å². The molecule has 0 saturated heterocycles. The van der Waals surface area contributed by atoms with E-state index in [4.69, 9.17) is 17.0 Å². The predicted octanol–water partition coefficient (Wildman–Crippen LogP) is 15.5. The number of halogens is 2. The summed E-state index contributed by atoms with van der Waals surface area (Å²) in [5.74, 6) is -1.86. The van der Waals surface area contributed by atoms with Gasteiger partial charge in [0.1, 0.15) is 0 Å². The molecule has 2 aliphatic carbocycles. The predicted molar refractivity (Wildman–Crippen MR) is 246 cm³/mol. The van der Waals surface area contributed by atoms with Crippen molar-refractivity contribution in [2.45, 2.75) is 72.7 Å². The molecule has 0 radical (unpaired) electrons. The molecule has 0 aromatic heterocycles. The zero-order valence-corrected chi connectivity index (χ0v) is 39.1. The van der Waals surface area contributed by atoms with E-state index in [1.54, 1.807) is 0 Å². The van der Waals surface area contributed by atoms with Crippen molar-refractivity contribution in [2.24, 2.45) is 0 Å². The molecule has 0 heterocycles. The van der Waals surface area contributed by atoms with Crippen LogP contribution in [0.15, 0.2) is 146 Å². The van der Waals surface area contributed by atoms with E-state index in [9.17, 15) is 0 Å². The Labute approximate surface area is 344 Å². The quantitative estimate of drug-likeness (QED) is 0.140. The van der Waals surface area contributed by atoms with Crippen molar-refractivity contribution in [1.82, 2.24) is 0 Å². The summed E-state index contributed by atoms with van der Waals surface area (Å²) in [7, 11) is 18.1. The second-order valence-electron chi connectivity index (χ2n) is 18.4. The second-order valence-corrected chi connectivity index (χ2v) is 60.9. The summed E-state index contributed by atoms with van der Waals surface area (Å²) in [6.45, 7) is 18.8. The van der Waals surface area contributed by atoms with Gasteiger partial charge in [0, 0.05) is 0 Å². The molecule has 8 rings (SSSR count). The molecule has 6 aromatic carbocycles. The van der Waals surface area contributed by atoms with E-state index >= 15 is 0 Å². The fourth-order valence-electron chi connectivity index (χ4n) is 9.80. The molecule has 2 aliphatic rings. The van der Waals surface area contributed by atoms with Gasteiger partial charge in [0.25, 0.3) is 0 Å². The molecular weight excluding hydrogens is 815 g/mol. The molecule has 283 valence electrons. The van der Waals surface area contributed by atoms with Crippen LogP contribution in [0.2, 0.25) is 13.1 Å². The van der Waals surface area contributed by atoms with Crippen molar-refractivity contribution in [1.29, 1.82) is 0 Å². The molecular formula is C52H53Cl2SiZr. The van der Waals surface area contributed by atoms with Crippen LogP contribution in [0.5, 0.6) is 0 Å². The van der Waals surface area contributed by atoms with Gasteiger partial charge in [0.2, 0.25) is 0 Å². The van der Waals surface area contributed by atoms with E-state index in [-0.39, 0.29) is 18.1 Å². The first kappa shape index (κ1) is 39.3. The zero-order valence-electron chi connectivity index (χ0n) is 34.0. The average Bonchev–Trinajstić information content (AvgIpc) is 3.79. The normalized spacial score (nSPS) is 17.5. The molecule has 0 amide bonds. The molecule has 0 saturated carbocycles. The Balaban J connectivity index is 1.44. The van der Waals surface area contributed by atoms with Crippen LogP contribution in [-0.2, 0) is 26.4 Å². The SMILES string of the molecule is C[SiH](C)[Zr]([Cl])([Cl])([CH]1C(c2ccccc2)=Cc2c(-c3ccccc3C(C)(C)C)cccc21)[CH]1C(c2ccccc2)=Cc2c(-c3ccccc3C(C)(C)C)cccc21. The van der Waals surface area contributed by atoms with Crippen molar-refractivity contribution >= 4 is 46.2 Å². The van der Waals surface area contributed by atoms with Crippen LogP contribution in [0.25, 0.3) is 45.6 Å². The molecule has 6 aromatic rings. The summed E-state index contributed by atoms with van der Waals surface area (Å²) in [6.07, 6.45) is 4.94. The van der Waals surface area contributed by atoms with Gasteiger partial charge in [0.15, 0.2) is 0 Å². The zero-order chi connectivity index (χ0) is 39.6. The van der Waals surface area contributed by atoms with E-state index in [1.807, 2.05) is 0 Å². The number of hydrogen-bond donors (Lipinski definition) is 0. The van der Waals surface area contributed by atoms with Crippen LogP contribution in [0.4, 0.5) is 0 Å². The third-order valence-corrected chi connectivity index (χ3v) is 64.2. The van der Waals surface area contributed by atoms with Crippen LogP contribution in [0.3, 0.4) is 0 Å². The van der Waals surface area contributed by atoms with Crippen LogP contribution >= 0.6 is 17.0 Å². The van der Waals surface area contributed by atoms with Gasteiger partial charge in [0.05, 0.1) is 0 Å². The summed E-state index contributed by atoms with van der Waals surface area (Å²) >= 11 is -5.25. The second kappa shape index (κ2) is 14.4. The minimum atomic E-state index is -5.25. The van der Waals surface area contributed by atoms with Gasteiger partial charge in [-0.25, -0.2) is 0 Å². The Morgan fingerprint density at radius 1 is 0.429 bits per heavy atom. The Bertz CT molecular complexity index is 2340. The summed E-state index contributed by atoms with van der Waals surface area (Å²) < 4.78 is -0.196. The number of allylic oxidation sites excluding steroid dienone is 2. The standard InChI is InChI=1S/2C25H23.C2H7Si.2ClH.Zr/c2*1-25(2,3)24-15-8-7-13-22(24)21-14-9-12-19-16-20(17-23(19)21)18-10-5-4-6-11-18;1-3-2;;;/h2*4-17H,1-3H3;3H,1-2H3;2*1H;/q;;;;;+2/p-2. The van der Waals surface area contributed by atoms with E-state index in [0.29, 0.717) is 0 Å². The molecule has 0 nitrogen and oxygen atoms in total. The minimum absolute atomic E-state index is 0.0242. The van der Waals surface area contributed by atoms with Crippen molar-refractivity contribution in [3.05, 3.63) is 190 Å².